The fraction of sp³-hybridized carbons (Fsp3) is 0.150. The van der Waals surface area contributed by atoms with Crippen molar-refractivity contribution in [3.05, 3.63) is 77.6 Å². The summed E-state index contributed by atoms with van der Waals surface area (Å²) in [6.07, 6.45) is 1.66. The Hall–Kier alpha value is -3.61. The van der Waals surface area contributed by atoms with Gasteiger partial charge in [0.1, 0.15) is 0 Å². The van der Waals surface area contributed by atoms with Gasteiger partial charge in [0.25, 0.3) is 5.91 Å². The van der Waals surface area contributed by atoms with Crippen LogP contribution in [-0.4, -0.2) is 35.9 Å². The molecule has 0 fully saturated rings. The van der Waals surface area contributed by atoms with Crippen LogP contribution in [0.1, 0.15) is 26.4 Å². The summed E-state index contributed by atoms with van der Waals surface area (Å²) in [5, 5.41) is 7.14. The van der Waals surface area contributed by atoms with Gasteiger partial charge < -0.3 is 14.8 Å². The standard InChI is InChI=1S/C20H19N3O4/c1-26-17-13-23(16-6-4-3-5-7-16)22-18(17)19(24)21-12-14-8-10-15(11-9-14)20(25)27-2/h3-11,13H,12H2,1-2H3,(H,21,24). The van der Waals surface area contributed by atoms with Gasteiger partial charge in [0.05, 0.1) is 31.7 Å². The molecule has 138 valence electrons. The number of rotatable bonds is 6. The molecule has 3 rings (SSSR count). The van der Waals surface area contributed by atoms with E-state index in [0.717, 1.165) is 11.3 Å². The summed E-state index contributed by atoms with van der Waals surface area (Å²) in [5.74, 6) is -0.363. The van der Waals surface area contributed by atoms with Gasteiger partial charge in [0, 0.05) is 6.54 Å². The average molecular weight is 365 g/mol. The first-order valence-electron chi connectivity index (χ1n) is 8.27. The summed E-state index contributed by atoms with van der Waals surface area (Å²) in [7, 11) is 2.83. The van der Waals surface area contributed by atoms with Crippen LogP contribution in [-0.2, 0) is 11.3 Å². The molecule has 0 aliphatic carbocycles. The van der Waals surface area contributed by atoms with Crippen LogP contribution >= 0.6 is 0 Å². The van der Waals surface area contributed by atoms with Gasteiger partial charge in [0.15, 0.2) is 11.4 Å². The lowest BCUT2D eigenvalue weighted by atomic mass is 10.1. The van der Waals surface area contributed by atoms with Crippen LogP contribution in [0.15, 0.2) is 60.8 Å². The number of carbonyl (C=O) groups is 2. The second-order valence-corrected chi connectivity index (χ2v) is 5.70. The van der Waals surface area contributed by atoms with Gasteiger partial charge in [-0.3, -0.25) is 4.79 Å². The highest BCUT2D eigenvalue weighted by Crippen LogP contribution is 2.19. The predicted molar refractivity (Wildman–Crippen MR) is 99.1 cm³/mol. The second kappa shape index (κ2) is 8.18. The van der Waals surface area contributed by atoms with Crippen molar-refractivity contribution in [2.24, 2.45) is 0 Å². The maximum absolute atomic E-state index is 12.5. The molecule has 1 aromatic heterocycles. The molecule has 27 heavy (non-hydrogen) atoms. The third kappa shape index (κ3) is 4.14. The zero-order chi connectivity index (χ0) is 19.2. The number of nitrogens with one attached hydrogen (secondary N) is 1. The number of methoxy groups -OCH3 is 2. The first-order valence-corrected chi connectivity index (χ1v) is 8.27. The maximum Gasteiger partial charge on any atom is 0.337 e. The van der Waals surface area contributed by atoms with Gasteiger partial charge in [-0.25, -0.2) is 9.48 Å². The highest BCUT2D eigenvalue weighted by atomic mass is 16.5. The number of esters is 1. The van der Waals surface area contributed by atoms with Crippen molar-refractivity contribution < 1.29 is 19.1 Å². The van der Waals surface area contributed by atoms with Gasteiger partial charge in [0.2, 0.25) is 0 Å². The number of aromatic nitrogens is 2. The third-order valence-electron chi connectivity index (χ3n) is 3.96. The largest absolute Gasteiger partial charge is 0.493 e. The zero-order valence-electron chi connectivity index (χ0n) is 15.0. The first-order chi connectivity index (χ1) is 13.1. The fourth-order valence-corrected chi connectivity index (χ4v) is 2.52. The number of hydrogen-bond donors (Lipinski definition) is 1. The molecule has 2 aromatic carbocycles. The summed E-state index contributed by atoms with van der Waals surface area (Å²) in [4.78, 5) is 24.0. The Morgan fingerprint density at radius 1 is 1.04 bits per heavy atom. The number of benzene rings is 2. The molecule has 0 aliphatic heterocycles. The molecule has 0 atom stereocenters. The van der Waals surface area contributed by atoms with E-state index < -0.39 is 5.97 Å². The Morgan fingerprint density at radius 3 is 2.37 bits per heavy atom. The maximum atomic E-state index is 12.5. The molecule has 0 radical (unpaired) electrons. The Balaban J connectivity index is 1.71. The number of amides is 1. The molecule has 1 amide bonds. The molecule has 0 saturated heterocycles. The molecular weight excluding hydrogens is 346 g/mol. The van der Waals surface area contributed by atoms with Crippen LogP contribution < -0.4 is 10.1 Å². The van der Waals surface area contributed by atoms with Crippen molar-refractivity contribution in [1.82, 2.24) is 15.1 Å². The second-order valence-electron chi connectivity index (χ2n) is 5.70. The normalized spacial score (nSPS) is 10.3. The molecule has 0 saturated carbocycles. The van der Waals surface area contributed by atoms with Crippen LogP contribution in [0.2, 0.25) is 0 Å². The van der Waals surface area contributed by atoms with Crippen LogP contribution in [0.4, 0.5) is 0 Å². The lowest BCUT2D eigenvalue weighted by Crippen LogP contribution is -2.24. The van der Waals surface area contributed by atoms with Crippen molar-refractivity contribution in [3.8, 4) is 11.4 Å². The third-order valence-corrected chi connectivity index (χ3v) is 3.96. The summed E-state index contributed by atoms with van der Waals surface area (Å²) in [5.41, 5.74) is 2.33. The predicted octanol–water partition coefficient (Wildman–Crippen LogP) is 2.60. The lowest BCUT2D eigenvalue weighted by molar-refractivity contribution is 0.0600. The molecule has 0 spiro atoms. The summed E-state index contributed by atoms with van der Waals surface area (Å²) >= 11 is 0. The number of nitrogens with zero attached hydrogens (tertiary/aromatic N) is 2. The minimum Gasteiger partial charge on any atom is -0.493 e. The lowest BCUT2D eigenvalue weighted by Gasteiger charge is -2.06. The van der Waals surface area contributed by atoms with E-state index in [0.29, 0.717) is 17.9 Å². The smallest absolute Gasteiger partial charge is 0.337 e. The monoisotopic (exact) mass is 365 g/mol. The van der Waals surface area contributed by atoms with E-state index >= 15 is 0 Å². The van der Waals surface area contributed by atoms with E-state index in [1.54, 1.807) is 35.1 Å². The molecule has 0 bridgehead atoms. The number of ether oxygens (including phenoxy) is 2. The minimum atomic E-state index is -0.401. The molecule has 0 aliphatic rings. The number of para-hydroxylation sites is 1. The van der Waals surface area contributed by atoms with Gasteiger partial charge >= 0.3 is 5.97 Å². The van der Waals surface area contributed by atoms with Crippen LogP contribution in [0.25, 0.3) is 5.69 Å². The van der Waals surface area contributed by atoms with Gasteiger partial charge in [-0.05, 0) is 29.8 Å². The molecule has 1 N–H and O–H groups in total. The van der Waals surface area contributed by atoms with E-state index in [2.05, 4.69) is 15.2 Å². The number of carbonyl (C=O) groups excluding carboxylic acids is 2. The topological polar surface area (TPSA) is 82.5 Å². The van der Waals surface area contributed by atoms with Crippen molar-refractivity contribution in [3.63, 3.8) is 0 Å². The molecular formula is C20H19N3O4. The quantitative estimate of drug-likeness (QED) is 0.679. The van der Waals surface area contributed by atoms with Gasteiger partial charge in [-0.1, -0.05) is 30.3 Å². The van der Waals surface area contributed by atoms with E-state index in [9.17, 15) is 9.59 Å². The SMILES string of the molecule is COC(=O)c1ccc(CNC(=O)c2nn(-c3ccccc3)cc2OC)cc1. The molecule has 3 aromatic rings. The Labute approximate surface area is 156 Å². The van der Waals surface area contributed by atoms with Crippen molar-refractivity contribution in [2.45, 2.75) is 6.54 Å². The molecule has 7 nitrogen and oxygen atoms in total. The van der Waals surface area contributed by atoms with Gasteiger partial charge in [-0.15, -0.1) is 0 Å². The van der Waals surface area contributed by atoms with Crippen molar-refractivity contribution in [2.75, 3.05) is 14.2 Å². The fourth-order valence-electron chi connectivity index (χ4n) is 2.52. The Bertz CT molecular complexity index is 934. The minimum absolute atomic E-state index is 0.201. The van der Waals surface area contributed by atoms with Crippen LogP contribution in [0.3, 0.4) is 0 Å². The highest BCUT2D eigenvalue weighted by Gasteiger charge is 2.18. The summed E-state index contributed by atoms with van der Waals surface area (Å²) in [6.45, 7) is 0.293. The summed E-state index contributed by atoms with van der Waals surface area (Å²) < 4.78 is 11.5. The number of hydrogen-bond acceptors (Lipinski definition) is 5. The van der Waals surface area contributed by atoms with Crippen molar-refractivity contribution >= 4 is 11.9 Å². The molecule has 7 heteroatoms. The van der Waals surface area contributed by atoms with Crippen molar-refractivity contribution in [1.29, 1.82) is 0 Å². The summed E-state index contributed by atoms with van der Waals surface area (Å²) in [6, 6.07) is 16.3. The van der Waals surface area contributed by atoms with E-state index in [1.807, 2.05) is 30.3 Å². The van der Waals surface area contributed by atoms with E-state index in [-0.39, 0.29) is 11.6 Å². The van der Waals surface area contributed by atoms with Gasteiger partial charge in [-0.2, -0.15) is 5.10 Å². The van der Waals surface area contributed by atoms with E-state index in [4.69, 9.17) is 4.74 Å². The van der Waals surface area contributed by atoms with Crippen LogP contribution in [0.5, 0.6) is 5.75 Å². The Kier molecular flexibility index (Phi) is 5.51. The molecule has 1 heterocycles. The van der Waals surface area contributed by atoms with Crippen LogP contribution in [0, 0.1) is 0 Å². The molecule has 0 unspecified atom stereocenters. The Morgan fingerprint density at radius 2 is 1.74 bits per heavy atom. The average Bonchev–Trinajstić information content (AvgIpc) is 3.17. The highest BCUT2D eigenvalue weighted by molar-refractivity contribution is 5.95. The zero-order valence-corrected chi connectivity index (χ0v) is 15.0. The first kappa shape index (κ1) is 18.2. The van der Waals surface area contributed by atoms with E-state index in [1.165, 1.54) is 14.2 Å².